The van der Waals surface area contributed by atoms with Crippen molar-refractivity contribution in [2.24, 2.45) is 17.8 Å². The Morgan fingerprint density at radius 2 is 1.97 bits per heavy atom. The second-order valence-electron chi connectivity index (χ2n) is 10.1. The summed E-state index contributed by atoms with van der Waals surface area (Å²) < 4.78 is 0. The van der Waals surface area contributed by atoms with E-state index < -0.39 is 0 Å². The van der Waals surface area contributed by atoms with E-state index in [9.17, 15) is 5.11 Å². The molecule has 0 aromatic heterocycles. The van der Waals surface area contributed by atoms with Crippen molar-refractivity contribution in [3.63, 3.8) is 0 Å². The van der Waals surface area contributed by atoms with Gasteiger partial charge in [0, 0.05) is 5.92 Å². The van der Waals surface area contributed by atoms with Crippen molar-refractivity contribution >= 4 is 0 Å². The summed E-state index contributed by atoms with van der Waals surface area (Å²) in [6, 6.07) is 8.82. The van der Waals surface area contributed by atoms with Crippen LogP contribution in [-0.2, 0) is 6.42 Å². The van der Waals surface area contributed by atoms with Gasteiger partial charge in [-0.15, -0.1) is 0 Å². The maximum Gasteiger partial charge on any atom is 0.0611 e. The fourth-order valence-corrected chi connectivity index (χ4v) is 6.03. The first-order valence-electron chi connectivity index (χ1n) is 12.5. The molecule has 1 N–H and O–H groups in total. The number of piperidine rings is 1. The summed E-state index contributed by atoms with van der Waals surface area (Å²) in [4.78, 5) is 2.66. The number of benzene rings is 1. The first kappa shape index (κ1) is 21.8. The molecule has 0 bridgehead atoms. The molecule has 0 unspecified atom stereocenters. The number of fused-ring (bicyclic) bond motifs is 1. The maximum atomic E-state index is 10.6. The summed E-state index contributed by atoms with van der Waals surface area (Å²) in [5.41, 5.74) is 4.43. The summed E-state index contributed by atoms with van der Waals surface area (Å²) in [7, 11) is 0. The molecule has 1 saturated heterocycles. The Kier molecular flexibility index (Phi) is 7.84. The number of aliphatic hydroxyl groups excluding tert-OH is 1. The predicted octanol–water partition coefficient (Wildman–Crippen LogP) is 6.08. The predicted molar refractivity (Wildman–Crippen MR) is 127 cm³/mol. The molecule has 1 aliphatic heterocycles. The lowest BCUT2D eigenvalue weighted by molar-refractivity contribution is 0.141. The van der Waals surface area contributed by atoms with E-state index in [-0.39, 0.29) is 6.10 Å². The number of aliphatic hydroxyl groups is 1. The van der Waals surface area contributed by atoms with Gasteiger partial charge in [0.1, 0.15) is 0 Å². The Labute approximate surface area is 184 Å². The van der Waals surface area contributed by atoms with Crippen LogP contribution in [-0.4, -0.2) is 35.7 Å². The molecule has 2 fully saturated rings. The molecule has 2 aliphatic carbocycles. The van der Waals surface area contributed by atoms with Crippen LogP contribution in [0.2, 0.25) is 0 Å². The Bertz CT molecular complexity index is 730. The van der Waals surface area contributed by atoms with E-state index >= 15 is 0 Å². The van der Waals surface area contributed by atoms with Crippen LogP contribution in [0.15, 0.2) is 48.1 Å². The number of hydrogen-bond donors (Lipinski definition) is 1. The smallest absolute Gasteiger partial charge is 0.0611 e. The molecule has 164 valence electrons. The highest BCUT2D eigenvalue weighted by molar-refractivity contribution is 5.23. The minimum Gasteiger partial charge on any atom is -0.392 e. The van der Waals surface area contributed by atoms with Gasteiger partial charge in [-0.3, -0.25) is 0 Å². The number of nitrogens with zero attached hydrogens (tertiary/aromatic N) is 1. The van der Waals surface area contributed by atoms with Gasteiger partial charge in [-0.1, -0.05) is 60.1 Å². The van der Waals surface area contributed by atoms with Gasteiger partial charge in [-0.2, -0.15) is 0 Å². The van der Waals surface area contributed by atoms with Gasteiger partial charge >= 0.3 is 0 Å². The van der Waals surface area contributed by atoms with Crippen LogP contribution in [0, 0.1) is 24.7 Å². The second-order valence-corrected chi connectivity index (χ2v) is 10.1. The maximum absolute atomic E-state index is 10.6. The lowest BCUT2D eigenvalue weighted by atomic mass is 9.88. The number of allylic oxidation sites excluding steroid dienone is 3. The van der Waals surface area contributed by atoms with Crippen LogP contribution in [0.1, 0.15) is 68.9 Å². The van der Waals surface area contributed by atoms with Gasteiger partial charge in [-0.05, 0) is 102 Å². The molecule has 30 heavy (non-hydrogen) atoms. The summed E-state index contributed by atoms with van der Waals surface area (Å²) in [5.74, 6) is 1.62. The molecule has 0 spiro atoms. The summed E-state index contributed by atoms with van der Waals surface area (Å²) >= 11 is 0. The third-order valence-electron chi connectivity index (χ3n) is 7.66. The highest BCUT2D eigenvalue weighted by Gasteiger charge is 2.43. The van der Waals surface area contributed by atoms with Crippen LogP contribution in [0.5, 0.6) is 0 Å². The lowest BCUT2D eigenvalue weighted by Gasteiger charge is -2.26. The van der Waals surface area contributed by atoms with Crippen molar-refractivity contribution < 1.29 is 5.11 Å². The molecule has 0 amide bonds. The Morgan fingerprint density at radius 1 is 1.10 bits per heavy atom. The zero-order valence-electron chi connectivity index (χ0n) is 18.9. The largest absolute Gasteiger partial charge is 0.392 e. The fourth-order valence-electron chi connectivity index (χ4n) is 6.03. The highest BCUT2D eigenvalue weighted by Crippen LogP contribution is 2.48. The summed E-state index contributed by atoms with van der Waals surface area (Å²) in [6.45, 7) is 6.10. The summed E-state index contributed by atoms with van der Waals surface area (Å²) in [6.07, 6.45) is 19.6. The van der Waals surface area contributed by atoms with Gasteiger partial charge in [-0.25, -0.2) is 0 Å². The molecule has 2 nitrogen and oxygen atoms in total. The van der Waals surface area contributed by atoms with Crippen molar-refractivity contribution in [3.05, 3.63) is 59.2 Å². The molecule has 1 aromatic carbocycles. The number of hydrogen-bond acceptors (Lipinski definition) is 2. The molecule has 4 atom stereocenters. The van der Waals surface area contributed by atoms with E-state index in [1.54, 1.807) is 5.57 Å². The number of likely N-dealkylation sites (tertiary alicyclic amines) is 1. The molecule has 1 saturated carbocycles. The van der Waals surface area contributed by atoms with Crippen molar-refractivity contribution in [2.45, 2.75) is 77.2 Å². The van der Waals surface area contributed by atoms with E-state index in [2.05, 4.69) is 54.3 Å². The average Bonchev–Trinajstić information content (AvgIpc) is 3.26. The number of unbranched alkanes of at least 4 members (excludes halogenated alkanes) is 1. The van der Waals surface area contributed by atoms with Crippen LogP contribution >= 0.6 is 0 Å². The number of aryl methyl sites for hydroxylation is 2. The Morgan fingerprint density at radius 3 is 2.80 bits per heavy atom. The minimum absolute atomic E-state index is 0.146. The van der Waals surface area contributed by atoms with E-state index in [1.807, 2.05) is 0 Å². The van der Waals surface area contributed by atoms with Crippen molar-refractivity contribution in [2.75, 3.05) is 19.6 Å². The lowest BCUT2D eigenvalue weighted by Crippen LogP contribution is -2.30. The zero-order valence-corrected chi connectivity index (χ0v) is 18.9. The van der Waals surface area contributed by atoms with Gasteiger partial charge in [0.2, 0.25) is 0 Å². The second kappa shape index (κ2) is 10.8. The monoisotopic (exact) mass is 407 g/mol. The minimum atomic E-state index is -0.146. The molecule has 1 heterocycles. The molecular formula is C28H41NO. The quantitative estimate of drug-likeness (QED) is 0.396. The van der Waals surface area contributed by atoms with Crippen molar-refractivity contribution in [3.8, 4) is 0 Å². The molecule has 0 radical (unpaired) electrons. The fraction of sp³-hybridized carbons (Fsp3) is 0.643. The first-order chi connectivity index (χ1) is 14.7. The van der Waals surface area contributed by atoms with E-state index in [0.717, 1.165) is 19.3 Å². The normalized spacial score (nSPS) is 29.5. The third-order valence-corrected chi connectivity index (χ3v) is 7.66. The van der Waals surface area contributed by atoms with Crippen LogP contribution in [0.3, 0.4) is 0 Å². The molecule has 2 heteroatoms. The SMILES string of the molecule is Cc1cccc(CCC=C[C@@H]2[C@H]3CC(CCCCN4CCCCC4)=C[C@H]3C[C@H]2O)c1. The van der Waals surface area contributed by atoms with Gasteiger partial charge < -0.3 is 10.0 Å². The van der Waals surface area contributed by atoms with Gasteiger partial charge in [0.25, 0.3) is 0 Å². The van der Waals surface area contributed by atoms with Gasteiger partial charge in [0.05, 0.1) is 6.10 Å². The molecule has 3 aliphatic rings. The van der Waals surface area contributed by atoms with Crippen LogP contribution < -0.4 is 0 Å². The van der Waals surface area contributed by atoms with Crippen molar-refractivity contribution in [1.82, 2.24) is 4.90 Å². The molecular weight excluding hydrogens is 366 g/mol. The third kappa shape index (κ3) is 5.86. The van der Waals surface area contributed by atoms with E-state index in [1.165, 1.54) is 75.7 Å². The Balaban J connectivity index is 1.19. The standard InChI is InChI=1S/C28H41NO/c1-22-10-9-13-23(18-22)11-3-4-14-26-27-20-24(19-25(27)21-28(26)30)12-5-8-17-29-15-6-2-7-16-29/h4,9-10,13-14,18-19,25-28,30H,2-3,5-8,11-12,15-17,20-21H2,1H3/t25-,26+,27-,28+/m0/s1. The summed E-state index contributed by atoms with van der Waals surface area (Å²) in [5, 5.41) is 10.6. The van der Waals surface area contributed by atoms with Crippen molar-refractivity contribution in [1.29, 1.82) is 0 Å². The highest BCUT2D eigenvalue weighted by atomic mass is 16.3. The average molecular weight is 408 g/mol. The van der Waals surface area contributed by atoms with Crippen LogP contribution in [0.4, 0.5) is 0 Å². The zero-order chi connectivity index (χ0) is 20.8. The van der Waals surface area contributed by atoms with Gasteiger partial charge in [0.15, 0.2) is 0 Å². The molecule has 4 rings (SSSR count). The molecule has 1 aromatic rings. The first-order valence-corrected chi connectivity index (χ1v) is 12.5. The Hall–Kier alpha value is -1.38. The number of rotatable bonds is 9. The van der Waals surface area contributed by atoms with Crippen LogP contribution in [0.25, 0.3) is 0 Å². The van der Waals surface area contributed by atoms with E-state index in [0.29, 0.717) is 17.8 Å². The topological polar surface area (TPSA) is 23.5 Å². The van der Waals surface area contributed by atoms with E-state index in [4.69, 9.17) is 0 Å².